The minimum atomic E-state index is -0.0000287. The first-order chi connectivity index (χ1) is 10.3. The largest absolute Gasteiger partial charge is 0.374 e. The Morgan fingerprint density at radius 2 is 2.19 bits per heavy atom. The molecule has 1 aromatic carbocycles. The highest BCUT2D eigenvalue weighted by atomic mass is 32.2. The first-order valence-electron chi connectivity index (χ1n) is 8.14. The van der Waals surface area contributed by atoms with Gasteiger partial charge in [0.1, 0.15) is 0 Å². The van der Waals surface area contributed by atoms with E-state index in [9.17, 15) is 4.79 Å². The molecule has 1 aliphatic carbocycles. The molecule has 4 rings (SSSR count). The predicted molar refractivity (Wildman–Crippen MR) is 86.1 cm³/mol. The van der Waals surface area contributed by atoms with Crippen molar-refractivity contribution in [3.8, 4) is 0 Å². The van der Waals surface area contributed by atoms with E-state index in [1.807, 2.05) is 11.8 Å². The number of thioether (sulfide) groups is 1. The maximum atomic E-state index is 12.9. The van der Waals surface area contributed by atoms with E-state index in [1.165, 1.54) is 29.7 Å². The van der Waals surface area contributed by atoms with Crippen LogP contribution < -0.4 is 0 Å². The molecule has 2 fully saturated rings. The van der Waals surface area contributed by atoms with Crippen molar-refractivity contribution in [2.75, 3.05) is 18.1 Å². The van der Waals surface area contributed by atoms with Crippen molar-refractivity contribution < 1.29 is 9.53 Å². The zero-order chi connectivity index (χ0) is 14.3. The minimum Gasteiger partial charge on any atom is -0.374 e. The van der Waals surface area contributed by atoms with Crippen LogP contribution in [0.4, 0.5) is 0 Å². The van der Waals surface area contributed by atoms with Crippen molar-refractivity contribution in [1.29, 1.82) is 0 Å². The number of hydrogen-bond acceptors (Lipinski definition) is 3. The monoisotopic (exact) mass is 302 g/mol. The summed E-state index contributed by atoms with van der Waals surface area (Å²) in [5, 5.41) is 0. The van der Waals surface area contributed by atoms with Gasteiger partial charge in [0, 0.05) is 23.8 Å². The van der Waals surface area contributed by atoms with Crippen molar-refractivity contribution in [3.05, 3.63) is 34.9 Å². The Hall–Kier alpha value is -0.800. The van der Waals surface area contributed by atoms with Crippen LogP contribution in [0.2, 0.25) is 0 Å². The SMILES string of the molecule is O=C(c1ccc2c(c1)CCC2)C1CCOC2(CCSC2)C1. The fraction of sp³-hybridized carbons (Fsp3) is 0.611. The third-order valence-electron chi connectivity index (χ3n) is 5.31. The van der Waals surface area contributed by atoms with Gasteiger partial charge in [-0.05, 0) is 61.5 Å². The molecule has 2 atom stereocenters. The Kier molecular flexibility index (Phi) is 3.58. The van der Waals surface area contributed by atoms with Crippen LogP contribution in [0.15, 0.2) is 18.2 Å². The van der Waals surface area contributed by atoms with E-state index >= 15 is 0 Å². The van der Waals surface area contributed by atoms with Crippen LogP contribution in [-0.4, -0.2) is 29.5 Å². The van der Waals surface area contributed by atoms with Gasteiger partial charge in [-0.3, -0.25) is 4.79 Å². The summed E-state index contributed by atoms with van der Waals surface area (Å²) in [6, 6.07) is 6.39. The Bertz CT molecular complexity index is 560. The number of Topliss-reactive ketones (excluding diaryl/α,β-unsaturated/α-hetero) is 1. The van der Waals surface area contributed by atoms with Gasteiger partial charge < -0.3 is 4.74 Å². The van der Waals surface area contributed by atoms with Gasteiger partial charge >= 0.3 is 0 Å². The number of aryl methyl sites for hydroxylation is 2. The summed E-state index contributed by atoms with van der Waals surface area (Å²) in [6.45, 7) is 0.752. The highest BCUT2D eigenvalue weighted by Gasteiger charge is 2.42. The Balaban J connectivity index is 1.54. The lowest BCUT2D eigenvalue weighted by atomic mass is 9.81. The van der Waals surface area contributed by atoms with Crippen LogP contribution in [0.5, 0.6) is 0 Å². The first kappa shape index (κ1) is 13.8. The molecule has 112 valence electrons. The highest BCUT2D eigenvalue weighted by molar-refractivity contribution is 7.99. The molecule has 1 spiro atoms. The average molecular weight is 302 g/mol. The normalized spacial score (nSPS) is 31.5. The second kappa shape index (κ2) is 5.44. The molecule has 3 aliphatic rings. The summed E-state index contributed by atoms with van der Waals surface area (Å²) >= 11 is 1.97. The second-order valence-corrected chi connectivity index (χ2v) is 7.83. The average Bonchev–Trinajstić information content (AvgIpc) is 3.15. The van der Waals surface area contributed by atoms with Gasteiger partial charge in [0.2, 0.25) is 0 Å². The van der Waals surface area contributed by atoms with E-state index in [4.69, 9.17) is 4.74 Å². The summed E-state index contributed by atoms with van der Waals surface area (Å²) in [5.41, 5.74) is 3.78. The third kappa shape index (κ3) is 2.55. The van der Waals surface area contributed by atoms with Gasteiger partial charge in [-0.1, -0.05) is 12.1 Å². The number of carbonyl (C=O) groups is 1. The summed E-state index contributed by atoms with van der Waals surface area (Å²) in [5.74, 6) is 2.77. The second-order valence-electron chi connectivity index (χ2n) is 6.73. The minimum absolute atomic E-state index is 0.0000287. The van der Waals surface area contributed by atoms with E-state index in [0.717, 1.165) is 43.6 Å². The highest BCUT2D eigenvalue weighted by Crippen LogP contribution is 2.41. The molecule has 0 bridgehead atoms. The number of ether oxygens (including phenoxy) is 1. The van der Waals surface area contributed by atoms with E-state index in [-0.39, 0.29) is 11.5 Å². The van der Waals surface area contributed by atoms with Crippen LogP contribution in [-0.2, 0) is 17.6 Å². The number of fused-ring (bicyclic) bond motifs is 1. The van der Waals surface area contributed by atoms with E-state index in [1.54, 1.807) is 0 Å². The number of hydrogen-bond donors (Lipinski definition) is 0. The summed E-state index contributed by atoms with van der Waals surface area (Å²) in [6.07, 6.45) is 6.50. The van der Waals surface area contributed by atoms with Crippen molar-refractivity contribution in [1.82, 2.24) is 0 Å². The van der Waals surface area contributed by atoms with E-state index in [0.29, 0.717) is 5.78 Å². The van der Waals surface area contributed by atoms with E-state index < -0.39 is 0 Å². The summed E-state index contributed by atoms with van der Waals surface area (Å²) in [7, 11) is 0. The van der Waals surface area contributed by atoms with Crippen LogP contribution >= 0.6 is 11.8 Å². The van der Waals surface area contributed by atoms with Gasteiger partial charge in [0.25, 0.3) is 0 Å². The fourth-order valence-corrected chi connectivity index (χ4v) is 5.45. The molecule has 2 unspecified atom stereocenters. The molecule has 2 nitrogen and oxygen atoms in total. The van der Waals surface area contributed by atoms with Crippen LogP contribution in [0, 0.1) is 5.92 Å². The van der Waals surface area contributed by atoms with Gasteiger partial charge in [0.05, 0.1) is 5.60 Å². The molecule has 2 saturated heterocycles. The molecule has 0 radical (unpaired) electrons. The van der Waals surface area contributed by atoms with Gasteiger partial charge in [-0.25, -0.2) is 0 Å². The standard InChI is InChI=1S/C18H22O2S/c19-17(15-5-4-13-2-1-3-14(13)10-15)16-6-8-20-18(11-16)7-9-21-12-18/h4-5,10,16H,1-3,6-9,11-12H2. The molecular weight excluding hydrogens is 280 g/mol. The Morgan fingerprint density at radius 1 is 1.29 bits per heavy atom. The zero-order valence-electron chi connectivity index (χ0n) is 12.4. The molecule has 0 saturated carbocycles. The van der Waals surface area contributed by atoms with Crippen LogP contribution in [0.1, 0.15) is 47.2 Å². The maximum absolute atomic E-state index is 12.9. The fourth-order valence-electron chi connectivity index (χ4n) is 4.08. The number of rotatable bonds is 2. The predicted octanol–water partition coefficient (Wildman–Crippen LogP) is 3.66. The number of benzene rings is 1. The van der Waals surface area contributed by atoms with Gasteiger partial charge in [0.15, 0.2) is 5.78 Å². The number of carbonyl (C=O) groups excluding carboxylic acids is 1. The third-order valence-corrected chi connectivity index (χ3v) is 6.54. The molecule has 1 aromatic rings. The molecule has 0 N–H and O–H groups in total. The lowest BCUT2D eigenvalue weighted by molar-refractivity contribution is -0.0734. The molecule has 21 heavy (non-hydrogen) atoms. The van der Waals surface area contributed by atoms with Crippen molar-refractivity contribution >= 4 is 17.5 Å². The molecular formula is C18H22O2S. The van der Waals surface area contributed by atoms with Crippen LogP contribution in [0.25, 0.3) is 0 Å². The summed E-state index contributed by atoms with van der Waals surface area (Å²) in [4.78, 5) is 12.9. The lowest BCUT2D eigenvalue weighted by Crippen LogP contribution is -2.42. The van der Waals surface area contributed by atoms with Crippen molar-refractivity contribution in [2.45, 2.75) is 44.1 Å². The number of ketones is 1. The molecule has 3 heteroatoms. The molecule has 2 aliphatic heterocycles. The quantitative estimate of drug-likeness (QED) is 0.780. The van der Waals surface area contributed by atoms with E-state index in [2.05, 4.69) is 18.2 Å². The smallest absolute Gasteiger partial charge is 0.166 e. The molecule has 2 heterocycles. The van der Waals surface area contributed by atoms with Gasteiger partial charge in [-0.15, -0.1) is 0 Å². The summed E-state index contributed by atoms with van der Waals surface area (Å²) < 4.78 is 6.04. The molecule has 0 amide bonds. The Labute approximate surface area is 130 Å². The van der Waals surface area contributed by atoms with Crippen LogP contribution in [0.3, 0.4) is 0 Å². The lowest BCUT2D eigenvalue weighted by Gasteiger charge is -2.37. The van der Waals surface area contributed by atoms with Crippen molar-refractivity contribution in [2.24, 2.45) is 5.92 Å². The maximum Gasteiger partial charge on any atom is 0.166 e. The first-order valence-corrected chi connectivity index (χ1v) is 9.29. The van der Waals surface area contributed by atoms with Crippen molar-refractivity contribution in [3.63, 3.8) is 0 Å². The Morgan fingerprint density at radius 3 is 3.05 bits per heavy atom. The van der Waals surface area contributed by atoms with Gasteiger partial charge in [-0.2, -0.15) is 11.8 Å². The topological polar surface area (TPSA) is 26.3 Å². The molecule has 0 aromatic heterocycles. The zero-order valence-corrected chi connectivity index (χ0v) is 13.2.